The summed E-state index contributed by atoms with van der Waals surface area (Å²) in [4.78, 5) is 2.61. The molecule has 1 fully saturated rings. The molecule has 1 heterocycles. The average Bonchev–Trinajstić information content (AvgIpc) is 2.49. The van der Waals surface area contributed by atoms with Crippen molar-refractivity contribution in [1.82, 2.24) is 4.90 Å². The van der Waals surface area contributed by atoms with Gasteiger partial charge in [0.15, 0.2) is 0 Å². The maximum Gasteiger partial charge on any atom is 0.144 e. The first-order valence-corrected chi connectivity index (χ1v) is 8.21. The van der Waals surface area contributed by atoms with Gasteiger partial charge in [-0.25, -0.2) is 0 Å². The van der Waals surface area contributed by atoms with Crippen molar-refractivity contribution in [2.45, 2.75) is 45.6 Å². The van der Waals surface area contributed by atoms with E-state index in [4.69, 9.17) is 10.5 Å². The summed E-state index contributed by atoms with van der Waals surface area (Å²) in [5.41, 5.74) is 7.67. The van der Waals surface area contributed by atoms with E-state index < -0.39 is 0 Å². The summed E-state index contributed by atoms with van der Waals surface area (Å²) in [6.45, 7) is 8.39. The molecule has 21 heavy (non-hydrogen) atoms. The van der Waals surface area contributed by atoms with Gasteiger partial charge in [0, 0.05) is 30.9 Å². The summed E-state index contributed by atoms with van der Waals surface area (Å²) in [5.74, 6) is 0.771. The van der Waals surface area contributed by atoms with Gasteiger partial charge < -0.3 is 20.7 Å². The molecular weight excluding hydrogens is 262 g/mol. The molecular formula is C17H29N3O. The van der Waals surface area contributed by atoms with E-state index in [1.54, 1.807) is 0 Å². The molecule has 2 rings (SSSR count). The number of nitrogens with one attached hydrogen (secondary N) is 1. The van der Waals surface area contributed by atoms with Gasteiger partial charge in [-0.1, -0.05) is 6.42 Å². The normalized spacial score (nSPS) is 19.4. The number of anilines is 2. The summed E-state index contributed by atoms with van der Waals surface area (Å²) < 4.78 is 5.52. The van der Waals surface area contributed by atoms with Gasteiger partial charge in [-0.2, -0.15) is 0 Å². The van der Waals surface area contributed by atoms with Gasteiger partial charge in [-0.15, -0.1) is 0 Å². The maximum atomic E-state index is 5.88. The Morgan fingerprint density at radius 1 is 1.38 bits per heavy atom. The molecule has 4 nitrogen and oxygen atoms in total. The molecule has 0 aromatic heterocycles. The highest BCUT2D eigenvalue weighted by molar-refractivity contribution is 5.61. The molecule has 0 spiro atoms. The zero-order chi connectivity index (χ0) is 15.1. The third-order valence-corrected chi connectivity index (χ3v) is 4.21. The molecule has 1 aliphatic rings. The second-order valence-electron chi connectivity index (χ2n) is 5.85. The van der Waals surface area contributed by atoms with E-state index in [2.05, 4.69) is 17.1 Å². The zero-order valence-electron chi connectivity index (χ0n) is 13.4. The SMILES string of the molecule is CCOc1cc(NCCCN2CCCCC2C)ccc1N. The lowest BCUT2D eigenvalue weighted by Crippen LogP contribution is -2.38. The summed E-state index contributed by atoms with van der Waals surface area (Å²) in [5, 5.41) is 3.46. The van der Waals surface area contributed by atoms with Crippen molar-refractivity contribution in [3.63, 3.8) is 0 Å². The number of nitrogen functional groups attached to an aromatic ring is 1. The number of piperidine rings is 1. The van der Waals surface area contributed by atoms with E-state index in [1.807, 2.05) is 25.1 Å². The average molecular weight is 291 g/mol. The van der Waals surface area contributed by atoms with Crippen LogP contribution in [0.3, 0.4) is 0 Å². The number of rotatable bonds is 7. The van der Waals surface area contributed by atoms with Crippen LogP contribution in [0, 0.1) is 0 Å². The van der Waals surface area contributed by atoms with Gasteiger partial charge in [0.05, 0.1) is 12.3 Å². The number of ether oxygens (including phenoxy) is 1. The van der Waals surface area contributed by atoms with E-state index in [-0.39, 0.29) is 0 Å². The Hall–Kier alpha value is -1.42. The molecule has 0 aliphatic carbocycles. The standard InChI is InChI=1S/C17H29N3O/c1-3-21-17-13-15(8-9-16(17)18)19-10-6-12-20-11-5-4-7-14(20)2/h8-9,13-14,19H,3-7,10-12,18H2,1-2H3. The largest absolute Gasteiger partial charge is 0.492 e. The Bertz CT molecular complexity index is 436. The van der Waals surface area contributed by atoms with Gasteiger partial charge in [0.2, 0.25) is 0 Å². The number of nitrogens with zero attached hydrogens (tertiary/aromatic N) is 1. The van der Waals surface area contributed by atoms with Gasteiger partial charge in [-0.05, 0) is 51.8 Å². The van der Waals surface area contributed by atoms with Crippen LogP contribution in [0.4, 0.5) is 11.4 Å². The molecule has 0 bridgehead atoms. The zero-order valence-corrected chi connectivity index (χ0v) is 13.4. The molecule has 1 aliphatic heterocycles. The number of hydrogen-bond donors (Lipinski definition) is 2. The van der Waals surface area contributed by atoms with E-state index in [0.717, 1.165) is 24.0 Å². The van der Waals surface area contributed by atoms with E-state index in [1.165, 1.54) is 38.8 Å². The first kappa shape index (κ1) is 16.0. The summed E-state index contributed by atoms with van der Waals surface area (Å²) in [7, 11) is 0. The molecule has 1 aromatic rings. The Labute approximate surface area is 128 Å². The third-order valence-electron chi connectivity index (χ3n) is 4.21. The molecule has 118 valence electrons. The van der Waals surface area contributed by atoms with Gasteiger partial charge in [0.1, 0.15) is 5.75 Å². The van der Waals surface area contributed by atoms with Crippen LogP contribution in [0.15, 0.2) is 18.2 Å². The van der Waals surface area contributed by atoms with Crippen LogP contribution in [-0.4, -0.2) is 37.2 Å². The van der Waals surface area contributed by atoms with Gasteiger partial charge >= 0.3 is 0 Å². The van der Waals surface area contributed by atoms with Crippen molar-refractivity contribution < 1.29 is 4.74 Å². The number of likely N-dealkylation sites (tertiary alicyclic amines) is 1. The summed E-state index contributed by atoms with van der Waals surface area (Å²) in [6.07, 6.45) is 5.26. The highest BCUT2D eigenvalue weighted by Crippen LogP contribution is 2.25. The number of nitrogens with two attached hydrogens (primary N) is 1. The Morgan fingerprint density at radius 2 is 2.24 bits per heavy atom. The van der Waals surface area contributed by atoms with Crippen molar-refractivity contribution in [3.05, 3.63) is 18.2 Å². The predicted molar refractivity (Wildman–Crippen MR) is 90.0 cm³/mol. The van der Waals surface area contributed by atoms with Crippen LogP contribution in [-0.2, 0) is 0 Å². The number of benzene rings is 1. The second kappa shape index (κ2) is 8.13. The molecule has 0 saturated carbocycles. The summed E-state index contributed by atoms with van der Waals surface area (Å²) in [6, 6.07) is 6.66. The van der Waals surface area contributed by atoms with Crippen molar-refractivity contribution >= 4 is 11.4 Å². The first-order chi connectivity index (χ1) is 10.2. The fourth-order valence-electron chi connectivity index (χ4n) is 2.93. The van der Waals surface area contributed by atoms with E-state index >= 15 is 0 Å². The van der Waals surface area contributed by atoms with Crippen molar-refractivity contribution in [1.29, 1.82) is 0 Å². The second-order valence-corrected chi connectivity index (χ2v) is 5.85. The van der Waals surface area contributed by atoms with Crippen LogP contribution in [0.5, 0.6) is 5.75 Å². The quantitative estimate of drug-likeness (QED) is 0.597. The van der Waals surface area contributed by atoms with Crippen molar-refractivity contribution in [3.8, 4) is 5.75 Å². The van der Waals surface area contributed by atoms with Gasteiger partial charge in [0.25, 0.3) is 0 Å². The topological polar surface area (TPSA) is 50.5 Å². The van der Waals surface area contributed by atoms with Crippen LogP contribution in [0.1, 0.15) is 39.5 Å². The Morgan fingerprint density at radius 3 is 3.00 bits per heavy atom. The number of hydrogen-bond acceptors (Lipinski definition) is 4. The fourth-order valence-corrected chi connectivity index (χ4v) is 2.93. The van der Waals surface area contributed by atoms with Crippen LogP contribution in [0.2, 0.25) is 0 Å². The van der Waals surface area contributed by atoms with Crippen LogP contribution in [0.25, 0.3) is 0 Å². The highest BCUT2D eigenvalue weighted by Gasteiger charge is 2.16. The Kier molecular flexibility index (Phi) is 6.18. The molecule has 3 N–H and O–H groups in total. The first-order valence-electron chi connectivity index (χ1n) is 8.21. The minimum atomic E-state index is 0.639. The molecule has 1 aromatic carbocycles. The summed E-state index contributed by atoms with van der Waals surface area (Å²) >= 11 is 0. The van der Waals surface area contributed by atoms with E-state index in [0.29, 0.717) is 12.3 Å². The minimum absolute atomic E-state index is 0.639. The van der Waals surface area contributed by atoms with Crippen molar-refractivity contribution in [2.75, 3.05) is 37.3 Å². The molecule has 0 amide bonds. The van der Waals surface area contributed by atoms with Crippen LogP contribution >= 0.6 is 0 Å². The Balaban J connectivity index is 1.74. The molecule has 1 saturated heterocycles. The molecule has 1 atom stereocenters. The minimum Gasteiger partial charge on any atom is -0.492 e. The van der Waals surface area contributed by atoms with E-state index in [9.17, 15) is 0 Å². The lowest BCUT2D eigenvalue weighted by Gasteiger charge is -2.33. The lowest BCUT2D eigenvalue weighted by atomic mass is 10.0. The smallest absolute Gasteiger partial charge is 0.144 e. The molecule has 1 unspecified atom stereocenters. The fraction of sp³-hybridized carbons (Fsp3) is 0.647. The third kappa shape index (κ3) is 4.81. The highest BCUT2D eigenvalue weighted by atomic mass is 16.5. The maximum absolute atomic E-state index is 5.88. The van der Waals surface area contributed by atoms with Crippen molar-refractivity contribution in [2.24, 2.45) is 0 Å². The molecule has 0 radical (unpaired) electrons. The van der Waals surface area contributed by atoms with Crippen LogP contribution < -0.4 is 15.8 Å². The monoisotopic (exact) mass is 291 g/mol. The molecule has 4 heteroatoms. The van der Waals surface area contributed by atoms with Gasteiger partial charge in [-0.3, -0.25) is 0 Å². The predicted octanol–water partition coefficient (Wildman–Crippen LogP) is 3.34. The lowest BCUT2D eigenvalue weighted by molar-refractivity contribution is 0.160.